The standard InChI is InChI=1S/C22H28ClN3O5S/c1-25(32(3,29)30)16-20(27)26(15-17-9-11-19(23)12-10-17)21(18-7-5-4-6-8-18)22(28)24-13-14-31-2/h4-12,21H,13-16H2,1-3H3,(H,24,28)/t21-/m0/s1. The number of carbonyl (C=O) groups is 2. The molecule has 0 aliphatic carbocycles. The van der Waals surface area contributed by atoms with Crippen molar-refractivity contribution >= 4 is 33.4 Å². The van der Waals surface area contributed by atoms with E-state index < -0.39 is 34.4 Å². The molecule has 0 saturated carbocycles. The van der Waals surface area contributed by atoms with E-state index in [0.29, 0.717) is 17.2 Å². The van der Waals surface area contributed by atoms with Gasteiger partial charge in [0.1, 0.15) is 6.04 Å². The molecule has 10 heteroatoms. The van der Waals surface area contributed by atoms with Crippen LogP contribution in [0.5, 0.6) is 0 Å². The number of hydrogen-bond acceptors (Lipinski definition) is 5. The summed E-state index contributed by atoms with van der Waals surface area (Å²) >= 11 is 5.98. The summed E-state index contributed by atoms with van der Waals surface area (Å²) in [4.78, 5) is 27.9. The zero-order valence-corrected chi connectivity index (χ0v) is 19.9. The van der Waals surface area contributed by atoms with Crippen LogP contribution in [0.25, 0.3) is 0 Å². The van der Waals surface area contributed by atoms with Gasteiger partial charge in [0.2, 0.25) is 21.8 Å². The van der Waals surface area contributed by atoms with Gasteiger partial charge in [0.15, 0.2) is 0 Å². The number of halogens is 1. The number of likely N-dealkylation sites (N-methyl/N-ethyl adjacent to an activating group) is 1. The second-order valence-electron chi connectivity index (χ2n) is 7.26. The van der Waals surface area contributed by atoms with Crippen LogP contribution in [0.1, 0.15) is 17.2 Å². The molecule has 174 valence electrons. The Morgan fingerprint density at radius 1 is 1.09 bits per heavy atom. The van der Waals surface area contributed by atoms with E-state index in [2.05, 4.69) is 5.32 Å². The van der Waals surface area contributed by atoms with E-state index >= 15 is 0 Å². The largest absolute Gasteiger partial charge is 0.383 e. The number of hydrogen-bond donors (Lipinski definition) is 1. The highest BCUT2D eigenvalue weighted by Gasteiger charge is 2.32. The quantitative estimate of drug-likeness (QED) is 0.495. The topological polar surface area (TPSA) is 96.0 Å². The Kier molecular flexibility index (Phi) is 9.64. The number of amides is 2. The van der Waals surface area contributed by atoms with E-state index in [1.54, 1.807) is 48.5 Å². The van der Waals surface area contributed by atoms with E-state index in [1.165, 1.54) is 19.1 Å². The van der Waals surface area contributed by atoms with Gasteiger partial charge in [-0.05, 0) is 23.3 Å². The molecule has 0 saturated heterocycles. The minimum absolute atomic E-state index is 0.0882. The SMILES string of the molecule is COCCNC(=O)[C@H](c1ccccc1)N(Cc1ccc(Cl)cc1)C(=O)CN(C)S(C)(=O)=O. The predicted octanol–water partition coefficient (Wildman–Crippen LogP) is 2.06. The maximum Gasteiger partial charge on any atom is 0.247 e. The van der Waals surface area contributed by atoms with Gasteiger partial charge in [-0.1, -0.05) is 54.1 Å². The third-order valence-electron chi connectivity index (χ3n) is 4.79. The van der Waals surface area contributed by atoms with Gasteiger partial charge in [-0.2, -0.15) is 4.31 Å². The average molecular weight is 482 g/mol. The second kappa shape index (κ2) is 12.0. The second-order valence-corrected chi connectivity index (χ2v) is 9.79. The van der Waals surface area contributed by atoms with Crippen LogP contribution in [0, 0.1) is 0 Å². The van der Waals surface area contributed by atoms with Crippen LogP contribution < -0.4 is 5.32 Å². The normalized spacial score (nSPS) is 12.4. The number of benzene rings is 2. The molecule has 0 bridgehead atoms. The van der Waals surface area contributed by atoms with Crippen LogP contribution in [0.4, 0.5) is 0 Å². The lowest BCUT2D eigenvalue weighted by atomic mass is 10.0. The summed E-state index contributed by atoms with van der Waals surface area (Å²) in [5.41, 5.74) is 1.35. The first-order valence-corrected chi connectivity index (χ1v) is 12.1. The molecule has 0 fully saturated rings. The molecule has 0 unspecified atom stereocenters. The Morgan fingerprint density at radius 3 is 2.28 bits per heavy atom. The van der Waals surface area contributed by atoms with Crippen molar-refractivity contribution in [2.75, 3.05) is 40.1 Å². The molecule has 0 heterocycles. The van der Waals surface area contributed by atoms with Crippen LogP contribution in [0.2, 0.25) is 5.02 Å². The van der Waals surface area contributed by atoms with Gasteiger partial charge in [-0.15, -0.1) is 0 Å². The van der Waals surface area contributed by atoms with Gasteiger partial charge in [0.05, 0.1) is 19.4 Å². The molecule has 2 amide bonds. The summed E-state index contributed by atoms with van der Waals surface area (Å²) < 4.78 is 29.7. The number of ether oxygens (including phenoxy) is 1. The average Bonchev–Trinajstić information content (AvgIpc) is 2.75. The number of carbonyl (C=O) groups excluding carboxylic acids is 2. The first-order chi connectivity index (χ1) is 15.1. The third kappa shape index (κ3) is 7.59. The highest BCUT2D eigenvalue weighted by atomic mass is 35.5. The minimum Gasteiger partial charge on any atom is -0.383 e. The van der Waals surface area contributed by atoms with Gasteiger partial charge in [0.25, 0.3) is 0 Å². The van der Waals surface area contributed by atoms with Crippen molar-refractivity contribution in [2.24, 2.45) is 0 Å². The van der Waals surface area contributed by atoms with Crippen LogP contribution in [-0.4, -0.2) is 69.5 Å². The number of rotatable bonds is 11. The molecule has 0 aromatic heterocycles. The number of nitrogens with zero attached hydrogens (tertiary/aromatic N) is 2. The van der Waals surface area contributed by atoms with Gasteiger partial charge >= 0.3 is 0 Å². The maximum absolute atomic E-state index is 13.3. The minimum atomic E-state index is -3.59. The molecule has 0 radical (unpaired) electrons. The van der Waals surface area contributed by atoms with E-state index in [-0.39, 0.29) is 13.1 Å². The molecule has 2 aromatic carbocycles. The molecule has 8 nitrogen and oxygen atoms in total. The smallest absolute Gasteiger partial charge is 0.247 e. The lowest BCUT2D eigenvalue weighted by Crippen LogP contribution is -2.47. The van der Waals surface area contributed by atoms with Crippen molar-refractivity contribution in [3.63, 3.8) is 0 Å². The van der Waals surface area contributed by atoms with Crippen LogP contribution in [0.3, 0.4) is 0 Å². The van der Waals surface area contributed by atoms with Crippen LogP contribution in [0.15, 0.2) is 54.6 Å². The monoisotopic (exact) mass is 481 g/mol. The Labute approximate surface area is 194 Å². The molecule has 0 spiro atoms. The summed E-state index contributed by atoms with van der Waals surface area (Å²) in [6.07, 6.45) is 1.02. The van der Waals surface area contributed by atoms with E-state index in [0.717, 1.165) is 16.1 Å². The first kappa shape index (κ1) is 25.8. The van der Waals surface area contributed by atoms with Crippen molar-refractivity contribution in [1.29, 1.82) is 0 Å². The fourth-order valence-electron chi connectivity index (χ4n) is 2.99. The van der Waals surface area contributed by atoms with E-state index in [9.17, 15) is 18.0 Å². The fourth-order valence-corrected chi connectivity index (χ4v) is 3.46. The predicted molar refractivity (Wildman–Crippen MR) is 124 cm³/mol. The molecule has 2 rings (SSSR count). The van der Waals surface area contributed by atoms with Crippen LogP contribution in [-0.2, 0) is 30.9 Å². The lowest BCUT2D eigenvalue weighted by Gasteiger charge is -2.32. The molecule has 0 aliphatic heterocycles. The van der Waals surface area contributed by atoms with E-state index in [4.69, 9.17) is 16.3 Å². The highest BCUT2D eigenvalue weighted by molar-refractivity contribution is 7.88. The molecule has 32 heavy (non-hydrogen) atoms. The summed E-state index contributed by atoms with van der Waals surface area (Å²) in [6.45, 7) is 0.270. The molecule has 0 aliphatic rings. The van der Waals surface area contributed by atoms with Crippen LogP contribution >= 0.6 is 11.6 Å². The Balaban J connectivity index is 2.45. The summed E-state index contributed by atoms with van der Waals surface area (Å²) in [6, 6.07) is 14.8. The van der Waals surface area contributed by atoms with Crippen molar-refractivity contribution in [1.82, 2.24) is 14.5 Å². The summed E-state index contributed by atoms with van der Waals surface area (Å²) in [5, 5.41) is 3.33. The van der Waals surface area contributed by atoms with Gasteiger partial charge in [-0.25, -0.2) is 8.42 Å². The molecular weight excluding hydrogens is 454 g/mol. The molecule has 1 atom stereocenters. The third-order valence-corrected chi connectivity index (χ3v) is 6.30. The summed E-state index contributed by atoms with van der Waals surface area (Å²) in [5.74, 6) is -0.902. The van der Waals surface area contributed by atoms with Crippen molar-refractivity contribution in [3.8, 4) is 0 Å². The number of methoxy groups -OCH3 is 1. The number of nitrogens with one attached hydrogen (secondary N) is 1. The first-order valence-electron chi connectivity index (χ1n) is 9.90. The van der Waals surface area contributed by atoms with Gasteiger partial charge < -0.3 is 15.0 Å². The molecule has 2 aromatic rings. The molecular formula is C22H28ClN3O5S. The Hall–Kier alpha value is -2.46. The number of sulfonamides is 1. The van der Waals surface area contributed by atoms with Gasteiger partial charge in [-0.3, -0.25) is 9.59 Å². The molecule has 1 N–H and O–H groups in total. The zero-order chi connectivity index (χ0) is 23.7. The van der Waals surface area contributed by atoms with Crippen molar-refractivity contribution < 1.29 is 22.7 Å². The summed E-state index contributed by atoms with van der Waals surface area (Å²) in [7, 11) is -0.737. The Bertz CT molecular complexity index is 1000. The fraction of sp³-hybridized carbons (Fsp3) is 0.364. The Morgan fingerprint density at radius 2 is 1.72 bits per heavy atom. The maximum atomic E-state index is 13.3. The lowest BCUT2D eigenvalue weighted by molar-refractivity contribution is -0.141. The van der Waals surface area contributed by atoms with E-state index in [1.807, 2.05) is 6.07 Å². The van der Waals surface area contributed by atoms with Crippen molar-refractivity contribution in [3.05, 3.63) is 70.7 Å². The van der Waals surface area contributed by atoms with Gasteiger partial charge in [0, 0.05) is 32.3 Å². The van der Waals surface area contributed by atoms with Crippen molar-refractivity contribution in [2.45, 2.75) is 12.6 Å². The zero-order valence-electron chi connectivity index (χ0n) is 18.3. The highest BCUT2D eigenvalue weighted by Crippen LogP contribution is 2.25.